The Morgan fingerprint density at radius 2 is 1.96 bits per heavy atom. The lowest BCUT2D eigenvalue weighted by molar-refractivity contribution is -0.128. The summed E-state index contributed by atoms with van der Waals surface area (Å²) in [6, 6.07) is 0. The molecule has 6 rings (SSSR count). The molecule has 6 heteroatoms. The number of alkyl halides is 1. The molecule has 27 heavy (non-hydrogen) atoms. The molecule has 0 radical (unpaired) electrons. The van der Waals surface area contributed by atoms with Crippen molar-refractivity contribution in [2.75, 3.05) is 6.54 Å². The Morgan fingerprint density at radius 3 is 2.74 bits per heavy atom. The second kappa shape index (κ2) is 6.85. The van der Waals surface area contributed by atoms with Gasteiger partial charge in [-0.15, -0.1) is 10.2 Å². The van der Waals surface area contributed by atoms with E-state index >= 15 is 0 Å². The zero-order valence-corrected chi connectivity index (χ0v) is 17.8. The van der Waals surface area contributed by atoms with Gasteiger partial charge in [0.1, 0.15) is 11.6 Å². The standard InChI is InChI=1S/C21H31BrN4O/c22-21-11-15-8-16(12-21)10-20(9-15,14-21)13-19(27)23-6-5-18-25-24-17-4-2-1-3-7-26(17)18/h15-16H,1-14H2,(H,23,27). The van der Waals surface area contributed by atoms with Gasteiger partial charge in [0.2, 0.25) is 5.91 Å². The minimum absolute atomic E-state index is 0.239. The van der Waals surface area contributed by atoms with Crippen molar-refractivity contribution in [3.05, 3.63) is 11.6 Å². The monoisotopic (exact) mass is 434 g/mol. The summed E-state index contributed by atoms with van der Waals surface area (Å²) in [5.74, 6) is 4.09. The highest BCUT2D eigenvalue weighted by molar-refractivity contribution is 9.10. The highest BCUT2D eigenvalue weighted by Crippen LogP contribution is 2.65. The summed E-state index contributed by atoms with van der Waals surface area (Å²) in [6.45, 7) is 1.71. The molecule has 4 saturated carbocycles. The Morgan fingerprint density at radius 1 is 1.15 bits per heavy atom. The zero-order chi connectivity index (χ0) is 18.5. The lowest BCUT2D eigenvalue weighted by Crippen LogP contribution is -2.54. The molecule has 4 fully saturated rings. The molecule has 4 aliphatic carbocycles. The first-order chi connectivity index (χ1) is 13.0. The maximum absolute atomic E-state index is 12.7. The quantitative estimate of drug-likeness (QED) is 0.716. The lowest BCUT2D eigenvalue weighted by atomic mass is 9.48. The molecule has 5 aliphatic rings. The van der Waals surface area contributed by atoms with Gasteiger partial charge in [-0.3, -0.25) is 4.79 Å². The van der Waals surface area contributed by atoms with Crippen LogP contribution in [0.1, 0.15) is 75.9 Å². The van der Waals surface area contributed by atoms with Gasteiger partial charge in [0.05, 0.1) is 0 Å². The van der Waals surface area contributed by atoms with Crippen LogP contribution in [0.25, 0.3) is 0 Å². The van der Waals surface area contributed by atoms with Crippen molar-refractivity contribution in [3.63, 3.8) is 0 Å². The Bertz CT molecular complexity index is 716. The number of amides is 1. The molecule has 4 bridgehead atoms. The van der Waals surface area contributed by atoms with Crippen LogP contribution in [0.3, 0.4) is 0 Å². The molecule has 1 amide bonds. The van der Waals surface area contributed by atoms with Gasteiger partial charge in [0, 0.05) is 36.7 Å². The molecule has 2 unspecified atom stereocenters. The Balaban J connectivity index is 1.16. The molecule has 2 atom stereocenters. The predicted octanol–water partition coefficient (Wildman–Crippen LogP) is 3.79. The number of nitrogens with zero attached hydrogens (tertiary/aromatic N) is 3. The van der Waals surface area contributed by atoms with E-state index in [1.807, 2.05) is 0 Å². The van der Waals surface area contributed by atoms with E-state index in [9.17, 15) is 4.79 Å². The fourth-order valence-electron chi connectivity index (χ4n) is 6.99. The van der Waals surface area contributed by atoms with Gasteiger partial charge in [0.15, 0.2) is 0 Å². The average Bonchev–Trinajstić information content (AvgIpc) is 2.80. The fourth-order valence-corrected chi connectivity index (χ4v) is 8.50. The van der Waals surface area contributed by atoms with Crippen molar-refractivity contribution in [1.29, 1.82) is 0 Å². The van der Waals surface area contributed by atoms with Crippen molar-refractivity contribution in [1.82, 2.24) is 20.1 Å². The average molecular weight is 435 g/mol. The van der Waals surface area contributed by atoms with Gasteiger partial charge >= 0.3 is 0 Å². The normalized spacial score (nSPS) is 37.1. The summed E-state index contributed by atoms with van der Waals surface area (Å²) in [6.07, 6.45) is 14.0. The molecule has 148 valence electrons. The van der Waals surface area contributed by atoms with Gasteiger partial charge in [-0.2, -0.15) is 0 Å². The lowest BCUT2D eigenvalue weighted by Gasteiger charge is -2.60. The number of nitrogens with one attached hydrogen (secondary N) is 1. The first kappa shape index (κ1) is 18.1. The Kier molecular flexibility index (Phi) is 4.60. The summed E-state index contributed by atoms with van der Waals surface area (Å²) in [5, 5.41) is 11.9. The van der Waals surface area contributed by atoms with E-state index in [1.54, 1.807) is 0 Å². The number of carbonyl (C=O) groups is 1. The minimum atomic E-state index is 0.239. The van der Waals surface area contributed by atoms with Gasteiger partial charge in [-0.1, -0.05) is 22.4 Å². The highest BCUT2D eigenvalue weighted by atomic mass is 79.9. The molecule has 1 aromatic heterocycles. The third-order valence-corrected chi connectivity index (χ3v) is 8.43. The summed E-state index contributed by atoms with van der Waals surface area (Å²) >= 11 is 4.05. The van der Waals surface area contributed by atoms with E-state index in [4.69, 9.17) is 0 Å². The molecule has 0 aromatic carbocycles. The Labute approximate surface area is 170 Å². The Hall–Kier alpha value is -0.910. The summed E-state index contributed by atoms with van der Waals surface area (Å²) < 4.78 is 2.61. The number of carbonyl (C=O) groups excluding carboxylic acids is 1. The maximum Gasteiger partial charge on any atom is 0.220 e. The van der Waals surface area contributed by atoms with Crippen molar-refractivity contribution in [2.45, 2.75) is 87.9 Å². The van der Waals surface area contributed by atoms with Crippen LogP contribution in [0.2, 0.25) is 0 Å². The molecular weight excluding hydrogens is 404 g/mol. The highest BCUT2D eigenvalue weighted by Gasteiger charge is 2.57. The number of aryl methyl sites for hydroxylation is 1. The van der Waals surface area contributed by atoms with Crippen molar-refractivity contribution >= 4 is 21.8 Å². The van der Waals surface area contributed by atoms with E-state index in [-0.39, 0.29) is 11.3 Å². The van der Waals surface area contributed by atoms with Crippen LogP contribution >= 0.6 is 15.9 Å². The molecule has 0 saturated heterocycles. The SMILES string of the molecule is O=C(CC12CC3CC(CC(Br)(C3)C1)C2)NCCc1nnc2n1CCCCC2. The third kappa shape index (κ3) is 3.58. The van der Waals surface area contributed by atoms with Crippen molar-refractivity contribution in [3.8, 4) is 0 Å². The fraction of sp³-hybridized carbons (Fsp3) is 0.857. The van der Waals surface area contributed by atoms with Gasteiger partial charge in [-0.05, 0) is 68.6 Å². The summed E-state index contributed by atoms with van der Waals surface area (Å²) in [7, 11) is 0. The van der Waals surface area contributed by atoms with Gasteiger partial charge < -0.3 is 9.88 Å². The second-order valence-corrected chi connectivity index (χ2v) is 11.6. The van der Waals surface area contributed by atoms with Crippen LogP contribution in [0, 0.1) is 17.3 Å². The van der Waals surface area contributed by atoms with Crippen LogP contribution < -0.4 is 5.32 Å². The van der Waals surface area contributed by atoms with E-state index in [2.05, 4.69) is 36.0 Å². The number of rotatable bonds is 5. The van der Waals surface area contributed by atoms with Crippen LogP contribution in [-0.4, -0.2) is 31.5 Å². The van der Waals surface area contributed by atoms with E-state index < -0.39 is 0 Å². The smallest absolute Gasteiger partial charge is 0.220 e. The van der Waals surface area contributed by atoms with E-state index in [1.165, 1.54) is 57.8 Å². The molecule has 2 heterocycles. The predicted molar refractivity (Wildman–Crippen MR) is 108 cm³/mol. The van der Waals surface area contributed by atoms with Gasteiger partial charge in [-0.25, -0.2) is 0 Å². The first-order valence-corrected chi connectivity index (χ1v) is 11.7. The van der Waals surface area contributed by atoms with Crippen molar-refractivity contribution in [2.24, 2.45) is 17.3 Å². The summed E-state index contributed by atoms with van der Waals surface area (Å²) in [4.78, 5) is 12.7. The molecule has 0 spiro atoms. The second-order valence-electron chi connectivity index (χ2n) is 9.88. The molecule has 1 aliphatic heterocycles. The zero-order valence-electron chi connectivity index (χ0n) is 16.2. The molecule has 1 aromatic rings. The van der Waals surface area contributed by atoms with Crippen molar-refractivity contribution < 1.29 is 4.79 Å². The number of aromatic nitrogens is 3. The topological polar surface area (TPSA) is 59.8 Å². The molecular formula is C21H31BrN4O. The van der Waals surface area contributed by atoms with E-state index in [0.717, 1.165) is 42.9 Å². The first-order valence-electron chi connectivity index (χ1n) is 10.9. The third-order valence-electron chi connectivity index (χ3n) is 7.50. The number of fused-ring (bicyclic) bond motifs is 1. The minimum Gasteiger partial charge on any atom is -0.356 e. The van der Waals surface area contributed by atoms with Crippen LogP contribution in [0.5, 0.6) is 0 Å². The maximum atomic E-state index is 12.7. The van der Waals surface area contributed by atoms with Crippen LogP contribution in [0.4, 0.5) is 0 Å². The summed E-state index contributed by atoms with van der Waals surface area (Å²) in [5.41, 5.74) is 0.254. The van der Waals surface area contributed by atoms with E-state index in [0.29, 0.717) is 17.3 Å². The molecule has 5 nitrogen and oxygen atoms in total. The van der Waals surface area contributed by atoms with Crippen LogP contribution in [-0.2, 0) is 24.2 Å². The largest absolute Gasteiger partial charge is 0.356 e. The number of hydrogen-bond acceptors (Lipinski definition) is 3. The number of halogens is 1. The van der Waals surface area contributed by atoms with Crippen LogP contribution in [0.15, 0.2) is 0 Å². The number of hydrogen-bond donors (Lipinski definition) is 1. The molecule has 1 N–H and O–H groups in total. The van der Waals surface area contributed by atoms with Gasteiger partial charge in [0.25, 0.3) is 0 Å².